The van der Waals surface area contributed by atoms with Gasteiger partial charge in [0.05, 0.1) is 6.10 Å². The number of carbonyl (C=O) groups is 2. The van der Waals surface area contributed by atoms with Crippen LogP contribution < -0.4 is 0 Å². The van der Waals surface area contributed by atoms with Crippen molar-refractivity contribution in [2.24, 2.45) is 5.92 Å². The van der Waals surface area contributed by atoms with Gasteiger partial charge in [-0.1, -0.05) is 6.58 Å². The maximum atomic E-state index is 12.3. The van der Waals surface area contributed by atoms with Crippen LogP contribution in [0.1, 0.15) is 25.7 Å². The van der Waals surface area contributed by atoms with Crippen molar-refractivity contribution in [1.82, 2.24) is 9.80 Å². The summed E-state index contributed by atoms with van der Waals surface area (Å²) < 4.78 is 0. The molecule has 0 bridgehead atoms. The molecule has 2 aliphatic heterocycles. The molecule has 2 aliphatic rings. The van der Waals surface area contributed by atoms with E-state index >= 15 is 0 Å². The minimum absolute atomic E-state index is 0.000773. The summed E-state index contributed by atoms with van der Waals surface area (Å²) in [6, 6.07) is 0. The normalized spacial score (nSPS) is 25.2. The molecule has 2 saturated heterocycles. The summed E-state index contributed by atoms with van der Waals surface area (Å²) in [4.78, 5) is 27.3. The molecule has 1 atom stereocenters. The van der Waals surface area contributed by atoms with Gasteiger partial charge in [-0.25, -0.2) is 0 Å². The number of likely N-dealkylation sites (tertiary alicyclic amines) is 2. The van der Waals surface area contributed by atoms with Crippen LogP contribution in [0.15, 0.2) is 12.7 Å². The first-order valence-corrected chi connectivity index (χ1v) is 7.00. The lowest BCUT2D eigenvalue weighted by Crippen LogP contribution is -2.48. The second-order valence-corrected chi connectivity index (χ2v) is 5.38. The lowest BCUT2D eigenvalue weighted by atomic mass is 9.94. The molecular formula is C14H22N2O3. The Labute approximate surface area is 113 Å². The first-order chi connectivity index (χ1) is 9.11. The fourth-order valence-electron chi connectivity index (χ4n) is 2.89. The van der Waals surface area contributed by atoms with Crippen LogP contribution in [-0.4, -0.2) is 59.0 Å². The molecule has 2 heterocycles. The number of piperidine rings is 2. The van der Waals surface area contributed by atoms with Crippen molar-refractivity contribution >= 4 is 11.8 Å². The van der Waals surface area contributed by atoms with Crippen molar-refractivity contribution in [2.75, 3.05) is 26.2 Å². The quantitative estimate of drug-likeness (QED) is 0.736. The number of β-amino-alcohol motifs (C(OH)–C–C–N with tert-alkyl or cyclic N) is 1. The number of amides is 2. The smallest absolute Gasteiger partial charge is 0.245 e. The Bertz CT molecular complexity index is 362. The molecule has 0 aliphatic carbocycles. The van der Waals surface area contributed by atoms with Gasteiger partial charge in [-0.2, -0.15) is 0 Å². The van der Waals surface area contributed by atoms with E-state index in [2.05, 4.69) is 6.58 Å². The summed E-state index contributed by atoms with van der Waals surface area (Å²) in [5.74, 6) is 0.0860. The van der Waals surface area contributed by atoms with E-state index in [1.54, 1.807) is 9.80 Å². The first kappa shape index (κ1) is 14.1. The molecule has 1 N–H and O–H groups in total. The van der Waals surface area contributed by atoms with E-state index in [1.165, 1.54) is 6.08 Å². The Morgan fingerprint density at radius 3 is 2.37 bits per heavy atom. The molecule has 2 amide bonds. The van der Waals surface area contributed by atoms with Crippen molar-refractivity contribution < 1.29 is 14.7 Å². The highest BCUT2D eigenvalue weighted by Crippen LogP contribution is 2.22. The van der Waals surface area contributed by atoms with Gasteiger partial charge >= 0.3 is 0 Å². The highest BCUT2D eigenvalue weighted by atomic mass is 16.3. The number of aliphatic hydroxyl groups is 1. The van der Waals surface area contributed by atoms with Gasteiger partial charge in [0.25, 0.3) is 0 Å². The third kappa shape index (κ3) is 3.35. The third-order valence-electron chi connectivity index (χ3n) is 4.04. The number of hydrogen-bond acceptors (Lipinski definition) is 3. The molecular weight excluding hydrogens is 244 g/mol. The molecule has 2 rings (SSSR count). The number of aliphatic hydroxyl groups excluding tert-OH is 1. The molecule has 2 fully saturated rings. The van der Waals surface area contributed by atoms with Gasteiger partial charge in [0.15, 0.2) is 0 Å². The van der Waals surface area contributed by atoms with Crippen molar-refractivity contribution in [3.8, 4) is 0 Å². The van der Waals surface area contributed by atoms with Crippen LogP contribution in [0.4, 0.5) is 0 Å². The van der Waals surface area contributed by atoms with Crippen LogP contribution in [-0.2, 0) is 9.59 Å². The fraction of sp³-hybridized carbons (Fsp3) is 0.714. The molecule has 0 saturated carbocycles. The second-order valence-electron chi connectivity index (χ2n) is 5.38. The minimum atomic E-state index is -0.375. The Balaban J connectivity index is 1.85. The number of carbonyl (C=O) groups excluding carboxylic acids is 2. The predicted molar refractivity (Wildman–Crippen MR) is 71.3 cm³/mol. The second kappa shape index (κ2) is 6.19. The molecule has 0 aromatic heterocycles. The summed E-state index contributed by atoms with van der Waals surface area (Å²) in [6.45, 7) is 5.94. The number of nitrogens with zero attached hydrogens (tertiary/aromatic N) is 2. The Morgan fingerprint density at radius 1 is 1.11 bits per heavy atom. The first-order valence-electron chi connectivity index (χ1n) is 7.00. The van der Waals surface area contributed by atoms with Crippen LogP contribution in [0.25, 0.3) is 0 Å². The lowest BCUT2D eigenvalue weighted by Gasteiger charge is -2.36. The zero-order chi connectivity index (χ0) is 13.8. The Kier molecular flexibility index (Phi) is 4.58. The minimum Gasteiger partial charge on any atom is -0.391 e. The Hall–Kier alpha value is -1.36. The topological polar surface area (TPSA) is 60.9 Å². The van der Waals surface area contributed by atoms with Gasteiger partial charge in [0, 0.05) is 32.1 Å². The summed E-state index contributed by atoms with van der Waals surface area (Å²) in [6.07, 6.45) is 4.04. The zero-order valence-corrected chi connectivity index (χ0v) is 11.3. The van der Waals surface area contributed by atoms with E-state index in [4.69, 9.17) is 0 Å². The van der Waals surface area contributed by atoms with Crippen molar-refractivity contribution in [2.45, 2.75) is 31.8 Å². The highest BCUT2D eigenvalue weighted by molar-refractivity contribution is 5.87. The van der Waals surface area contributed by atoms with Crippen LogP contribution in [0, 0.1) is 5.92 Å². The van der Waals surface area contributed by atoms with Gasteiger partial charge in [-0.15, -0.1) is 0 Å². The van der Waals surface area contributed by atoms with Crippen molar-refractivity contribution in [3.05, 3.63) is 12.7 Å². The van der Waals surface area contributed by atoms with Gasteiger partial charge in [0.2, 0.25) is 11.8 Å². The predicted octanol–water partition coefficient (Wildman–Crippen LogP) is 0.394. The molecule has 5 nitrogen and oxygen atoms in total. The van der Waals surface area contributed by atoms with Crippen molar-refractivity contribution in [3.63, 3.8) is 0 Å². The maximum Gasteiger partial charge on any atom is 0.245 e. The molecule has 19 heavy (non-hydrogen) atoms. The molecule has 106 valence electrons. The third-order valence-corrected chi connectivity index (χ3v) is 4.04. The summed E-state index contributed by atoms with van der Waals surface area (Å²) in [5.41, 5.74) is 0. The van der Waals surface area contributed by atoms with Crippen LogP contribution in [0.2, 0.25) is 0 Å². The fourth-order valence-corrected chi connectivity index (χ4v) is 2.89. The lowest BCUT2D eigenvalue weighted by molar-refractivity contribution is -0.142. The van der Waals surface area contributed by atoms with E-state index in [-0.39, 0.29) is 23.8 Å². The average molecular weight is 266 g/mol. The van der Waals surface area contributed by atoms with Gasteiger partial charge in [-0.3, -0.25) is 9.59 Å². The SMILES string of the molecule is C=CC(=O)N1CCC(C(=O)N2CCC[C@H](O)C2)CC1. The van der Waals surface area contributed by atoms with E-state index in [9.17, 15) is 14.7 Å². The molecule has 0 radical (unpaired) electrons. The number of rotatable bonds is 2. The van der Waals surface area contributed by atoms with Gasteiger partial charge < -0.3 is 14.9 Å². The standard InChI is InChI=1S/C14H22N2O3/c1-2-13(18)15-8-5-11(6-9-15)14(19)16-7-3-4-12(17)10-16/h2,11-12,17H,1,3-10H2/t12-/m0/s1. The number of hydrogen-bond donors (Lipinski definition) is 1. The van der Waals surface area contributed by atoms with E-state index in [0.717, 1.165) is 19.4 Å². The maximum absolute atomic E-state index is 12.3. The van der Waals surface area contributed by atoms with Gasteiger partial charge in [0.1, 0.15) is 0 Å². The molecule has 5 heteroatoms. The van der Waals surface area contributed by atoms with Crippen molar-refractivity contribution in [1.29, 1.82) is 0 Å². The van der Waals surface area contributed by atoms with E-state index in [0.29, 0.717) is 32.5 Å². The monoisotopic (exact) mass is 266 g/mol. The largest absolute Gasteiger partial charge is 0.391 e. The van der Waals surface area contributed by atoms with E-state index < -0.39 is 0 Å². The molecule has 0 aromatic carbocycles. The van der Waals surface area contributed by atoms with Crippen LogP contribution in [0.5, 0.6) is 0 Å². The van der Waals surface area contributed by atoms with Crippen LogP contribution >= 0.6 is 0 Å². The van der Waals surface area contributed by atoms with Crippen LogP contribution in [0.3, 0.4) is 0 Å². The molecule has 0 aromatic rings. The Morgan fingerprint density at radius 2 is 1.79 bits per heavy atom. The summed E-state index contributed by atoms with van der Waals surface area (Å²) >= 11 is 0. The molecule has 0 spiro atoms. The van der Waals surface area contributed by atoms with E-state index in [1.807, 2.05) is 0 Å². The summed E-state index contributed by atoms with van der Waals surface area (Å²) in [7, 11) is 0. The van der Waals surface area contributed by atoms with Gasteiger partial charge in [-0.05, 0) is 31.8 Å². The summed E-state index contributed by atoms with van der Waals surface area (Å²) in [5, 5.41) is 9.62. The zero-order valence-electron chi connectivity index (χ0n) is 11.3. The average Bonchev–Trinajstić information content (AvgIpc) is 2.46. The molecule has 0 unspecified atom stereocenters. The highest BCUT2D eigenvalue weighted by Gasteiger charge is 2.31.